The molecular weight excluding hydrogens is 255 g/mol. The van der Waals surface area contributed by atoms with E-state index in [-0.39, 0.29) is 5.56 Å². The summed E-state index contributed by atoms with van der Waals surface area (Å²) < 4.78 is 13.0. The highest BCUT2D eigenvalue weighted by molar-refractivity contribution is 5.95. The number of halogens is 1. The topological polar surface area (TPSA) is 41.5 Å². The lowest BCUT2D eigenvalue weighted by atomic mass is 10.1. The van der Waals surface area contributed by atoms with E-state index in [0.717, 1.165) is 11.3 Å². The molecule has 1 N–H and O–H groups in total. The Morgan fingerprint density at radius 3 is 2.60 bits per heavy atom. The summed E-state index contributed by atoms with van der Waals surface area (Å²) in [6, 6.07) is 15.3. The van der Waals surface area contributed by atoms with Crippen molar-refractivity contribution in [2.24, 2.45) is 5.10 Å². The quantitative estimate of drug-likeness (QED) is 0.673. The molecule has 0 spiro atoms. The molecule has 0 saturated carbocycles. The van der Waals surface area contributed by atoms with Crippen LogP contribution in [0.2, 0.25) is 0 Å². The number of hydrazone groups is 1. The first-order chi connectivity index (χ1) is 9.65. The Bertz CT molecular complexity index is 623. The molecule has 102 valence electrons. The number of amides is 1. The lowest BCUT2D eigenvalue weighted by Gasteiger charge is -2.03. The summed E-state index contributed by atoms with van der Waals surface area (Å²) in [6.07, 6.45) is 0.657. The van der Waals surface area contributed by atoms with Gasteiger partial charge in [0.1, 0.15) is 5.82 Å². The smallest absolute Gasteiger partial charge is 0.267 e. The van der Waals surface area contributed by atoms with Gasteiger partial charge in [0.05, 0.1) is 0 Å². The first kappa shape index (κ1) is 13.9. The van der Waals surface area contributed by atoms with Gasteiger partial charge in [-0.2, -0.15) is 5.10 Å². The molecule has 2 aromatic carbocycles. The van der Waals surface area contributed by atoms with Crippen LogP contribution in [0.3, 0.4) is 0 Å². The Morgan fingerprint density at radius 2 is 1.90 bits per heavy atom. The molecule has 2 aromatic rings. The molecule has 20 heavy (non-hydrogen) atoms. The minimum Gasteiger partial charge on any atom is -0.267 e. The van der Waals surface area contributed by atoms with Crippen molar-refractivity contribution in [1.29, 1.82) is 0 Å². The Hall–Kier alpha value is -2.49. The Kier molecular flexibility index (Phi) is 4.60. The third kappa shape index (κ3) is 4.02. The van der Waals surface area contributed by atoms with Crippen LogP contribution in [0, 0.1) is 5.82 Å². The summed E-state index contributed by atoms with van der Waals surface area (Å²) in [7, 11) is 0. The van der Waals surface area contributed by atoms with E-state index in [4.69, 9.17) is 0 Å². The maximum atomic E-state index is 13.0. The fraction of sp³-hybridized carbons (Fsp3) is 0.125. The summed E-state index contributed by atoms with van der Waals surface area (Å²) in [5, 5.41) is 4.02. The van der Waals surface area contributed by atoms with Gasteiger partial charge in [0, 0.05) is 17.7 Å². The van der Waals surface area contributed by atoms with Crippen molar-refractivity contribution in [3.63, 3.8) is 0 Å². The molecule has 0 bridgehead atoms. The molecule has 0 fully saturated rings. The molecule has 0 aliphatic carbocycles. The minimum atomic E-state index is -0.442. The molecule has 0 unspecified atom stereocenters. The van der Waals surface area contributed by atoms with Crippen LogP contribution >= 0.6 is 0 Å². The predicted molar refractivity (Wildman–Crippen MR) is 77.1 cm³/mol. The van der Waals surface area contributed by atoms with Gasteiger partial charge in [-0.3, -0.25) is 4.79 Å². The van der Waals surface area contributed by atoms with Crippen molar-refractivity contribution in [3.05, 3.63) is 71.5 Å². The third-order valence-corrected chi connectivity index (χ3v) is 2.74. The van der Waals surface area contributed by atoms with Crippen LogP contribution in [0.1, 0.15) is 22.8 Å². The maximum absolute atomic E-state index is 13.0. The zero-order valence-electron chi connectivity index (χ0n) is 11.1. The second-order valence-electron chi connectivity index (χ2n) is 4.46. The van der Waals surface area contributed by atoms with Crippen LogP contribution in [0.25, 0.3) is 0 Å². The molecule has 2 rings (SSSR count). The second kappa shape index (κ2) is 6.61. The van der Waals surface area contributed by atoms with E-state index in [2.05, 4.69) is 10.5 Å². The van der Waals surface area contributed by atoms with Gasteiger partial charge < -0.3 is 0 Å². The zero-order chi connectivity index (χ0) is 14.4. The van der Waals surface area contributed by atoms with Crippen LogP contribution in [0.5, 0.6) is 0 Å². The Labute approximate surface area is 117 Å². The van der Waals surface area contributed by atoms with E-state index in [1.807, 2.05) is 37.3 Å². The van der Waals surface area contributed by atoms with Gasteiger partial charge in [-0.1, -0.05) is 36.4 Å². The van der Waals surface area contributed by atoms with E-state index in [0.29, 0.717) is 6.42 Å². The van der Waals surface area contributed by atoms with Gasteiger partial charge in [-0.25, -0.2) is 9.82 Å². The van der Waals surface area contributed by atoms with Gasteiger partial charge in [0.25, 0.3) is 5.91 Å². The van der Waals surface area contributed by atoms with E-state index < -0.39 is 11.7 Å². The van der Waals surface area contributed by atoms with Crippen LogP contribution in [0.4, 0.5) is 4.39 Å². The molecular formula is C16H15FN2O. The maximum Gasteiger partial charge on any atom is 0.271 e. The molecule has 1 amide bonds. The summed E-state index contributed by atoms with van der Waals surface area (Å²) in [6.45, 7) is 1.83. The van der Waals surface area contributed by atoms with E-state index in [1.165, 1.54) is 18.2 Å². The molecule has 0 heterocycles. The van der Waals surface area contributed by atoms with E-state index in [1.54, 1.807) is 6.07 Å². The van der Waals surface area contributed by atoms with Gasteiger partial charge in [-0.05, 0) is 30.7 Å². The largest absolute Gasteiger partial charge is 0.271 e. The highest BCUT2D eigenvalue weighted by atomic mass is 19.1. The normalized spacial score (nSPS) is 11.2. The van der Waals surface area contributed by atoms with Gasteiger partial charge in [0.2, 0.25) is 0 Å². The second-order valence-corrected chi connectivity index (χ2v) is 4.46. The number of hydrogen-bond acceptors (Lipinski definition) is 2. The van der Waals surface area contributed by atoms with Crippen LogP contribution in [-0.4, -0.2) is 11.6 Å². The molecule has 0 aromatic heterocycles. The predicted octanol–water partition coefficient (Wildman–Crippen LogP) is 3.17. The summed E-state index contributed by atoms with van der Waals surface area (Å²) in [5.41, 5.74) is 4.58. The molecule has 0 aliphatic rings. The zero-order valence-corrected chi connectivity index (χ0v) is 11.1. The molecule has 0 aliphatic heterocycles. The average molecular weight is 270 g/mol. The van der Waals surface area contributed by atoms with Crippen LogP contribution in [-0.2, 0) is 6.42 Å². The standard InChI is InChI=1S/C16H15FN2O/c1-12(10-13-6-3-2-4-7-13)18-19-16(20)14-8-5-9-15(17)11-14/h2-9,11H,10H2,1H3,(H,19,20)/b18-12-. The average Bonchev–Trinajstić information content (AvgIpc) is 2.46. The van der Waals surface area contributed by atoms with Crippen molar-refractivity contribution in [3.8, 4) is 0 Å². The van der Waals surface area contributed by atoms with Gasteiger partial charge in [-0.15, -0.1) is 0 Å². The number of nitrogens with one attached hydrogen (secondary N) is 1. The van der Waals surface area contributed by atoms with Crippen molar-refractivity contribution < 1.29 is 9.18 Å². The Morgan fingerprint density at radius 1 is 1.15 bits per heavy atom. The number of rotatable bonds is 4. The third-order valence-electron chi connectivity index (χ3n) is 2.74. The SMILES string of the molecule is C/C(Cc1ccccc1)=N/NC(=O)c1cccc(F)c1. The van der Waals surface area contributed by atoms with Crippen molar-refractivity contribution >= 4 is 11.6 Å². The number of nitrogens with zero attached hydrogens (tertiary/aromatic N) is 1. The highest BCUT2D eigenvalue weighted by Gasteiger charge is 2.05. The lowest BCUT2D eigenvalue weighted by Crippen LogP contribution is -2.19. The highest BCUT2D eigenvalue weighted by Crippen LogP contribution is 2.04. The summed E-state index contributed by atoms with van der Waals surface area (Å²) in [5.74, 6) is -0.862. The first-order valence-electron chi connectivity index (χ1n) is 6.28. The number of carbonyl (C=O) groups excluding carboxylic acids is 1. The lowest BCUT2D eigenvalue weighted by molar-refractivity contribution is 0.0954. The number of carbonyl (C=O) groups is 1. The summed E-state index contributed by atoms with van der Waals surface area (Å²) in [4.78, 5) is 11.8. The van der Waals surface area contributed by atoms with E-state index >= 15 is 0 Å². The van der Waals surface area contributed by atoms with Crippen molar-refractivity contribution in [2.75, 3.05) is 0 Å². The van der Waals surface area contributed by atoms with Gasteiger partial charge in [0.15, 0.2) is 0 Å². The van der Waals surface area contributed by atoms with Crippen molar-refractivity contribution in [2.45, 2.75) is 13.3 Å². The minimum absolute atomic E-state index is 0.251. The van der Waals surface area contributed by atoms with Gasteiger partial charge >= 0.3 is 0 Å². The fourth-order valence-corrected chi connectivity index (χ4v) is 1.77. The monoisotopic (exact) mass is 270 g/mol. The van der Waals surface area contributed by atoms with Crippen LogP contribution in [0.15, 0.2) is 59.7 Å². The fourth-order valence-electron chi connectivity index (χ4n) is 1.77. The number of benzene rings is 2. The number of hydrogen-bond donors (Lipinski definition) is 1. The van der Waals surface area contributed by atoms with Crippen molar-refractivity contribution in [1.82, 2.24) is 5.43 Å². The Balaban J connectivity index is 1.96. The molecule has 0 saturated heterocycles. The molecule has 4 heteroatoms. The van der Waals surface area contributed by atoms with E-state index in [9.17, 15) is 9.18 Å². The first-order valence-corrected chi connectivity index (χ1v) is 6.28. The molecule has 3 nitrogen and oxygen atoms in total. The van der Waals surface area contributed by atoms with Crippen LogP contribution < -0.4 is 5.43 Å². The molecule has 0 radical (unpaired) electrons. The summed E-state index contributed by atoms with van der Waals surface area (Å²) >= 11 is 0. The molecule has 0 atom stereocenters.